The molecular formula is C16H15BN4O3. The summed E-state index contributed by atoms with van der Waals surface area (Å²) in [4.78, 5) is 15.0. The standard InChI is InChI=1S/C16H15BN4O3/c1-11(13-5-2-3-7-19-13)24-15-10-12(17)9-14(21(22)23)16(15)20-8-4-6-18/h2-3,5,7,9-11,20H,4,8H2,1H3. The molecule has 0 saturated carbocycles. The first-order chi connectivity index (χ1) is 11.5. The van der Waals surface area contributed by atoms with Gasteiger partial charge in [0.25, 0.3) is 5.69 Å². The lowest BCUT2D eigenvalue weighted by Gasteiger charge is -2.18. The third kappa shape index (κ3) is 4.23. The highest BCUT2D eigenvalue weighted by Crippen LogP contribution is 2.35. The zero-order chi connectivity index (χ0) is 17.5. The van der Waals surface area contributed by atoms with Crippen LogP contribution in [0.5, 0.6) is 5.75 Å². The van der Waals surface area contributed by atoms with E-state index in [1.165, 1.54) is 12.1 Å². The molecule has 1 unspecified atom stereocenters. The molecule has 0 amide bonds. The molecule has 7 nitrogen and oxygen atoms in total. The summed E-state index contributed by atoms with van der Waals surface area (Å²) in [5.41, 5.74) is 0.907. The number of anilines is 1. The number of hydrogen-bond acceptors (Lipinski definition) is 6. The van der Waals surface area contributed by atoms with Crippen molar-refractivity contribution in [1.82, 2.24) is 4.98 Å². The van der Waals surface area contributed by atoms with E-state index in [0.29, 0.717) is 5.69 Å². The summed E-state index contributed by atoms with van der Waals surface area (Å²) in [6.45, 7) is 2.05. The summed E-state index contributed by atoms with van der Waals surface area (Å²) in [5, 5.41) is 22.8. The van der Waals surface area contributed by atoms with E-state index in [9.17, 15) is 10.1 Å². The van der Waals surface area contributed by atoms with Crippen LogP contribution < -0.4 is 15.5 Å². The van der Waals surface area contributed by atoms with Crippen molar-refractivity contribution in [2.45, 2.75) is 19.4 Å². The normalized spacial score (nSPS) is 11.3. The van der Waals surface area contributed by atoms with Gasteiger partial charge in [0.15, 0.2) is 5.69 Å². The summed E-state index contributed by atoms with van der Waals surface area (Å²) in [6, 6.07) is 10.2. The molecule has 0 aliphatic heterocycles. The van der Waals surface area contributed by atoms with Crippen LogP contribution in [0.15, 0.2) is 36.5 Å². The monoisotopic (exact) mass is 322 g/mol. The van der Waals surface area contributed by atoms with Crippen molar-refractivity contribution < 1.29 is 9.66 Å². The van der Waals surface area contributed by atoms with Gasteiger partial charge < -0.3 is 10.1 Å². The molecule has 1 aromatic carbocycles. The molecule has 0 fully saturated rings. The molecule has 1 N–H and O–H groups in total. The minimum absolute atomic E-state index is 0.198. The summed E-state index contributed by atoms with van der Waals surface area (Å²) in [5.74, 6) is 0.248. The van der Waals surface area contributed by atoms with Gasteiger partial charge in [0.2, 0.25) is 0 Å². The van der Waals surface area contributed by atoms with Gasteiger partial charge in [0.1, 0.15) is 19.7 Å². The van der Waals surface area contributed by atoms with Crippen LogP contribution in [0.1, 0.15) is 25.1 Å². The highest BCUT2D eigenvalue weighted by Gasteiger charge is 2.21. The Kier molecular flexibility index (Phi) is 5.74. The number of nitrogens with zero attached hydrogens (tertiary/aromatic N) is 3. The second kappa shape index (κ2) is 7.97. The SMILES string of the molecule is [B]c1cc(OC(C)c2ccccn2)c(NCCC#N)c([N+](=O)[O-])c1. The van der Waals surface area contributed by atoms with Crippen LogP contribution in [0.2, 0.25) is 0 Å². The van der Waals surface area contributed by atoms with E-state index in [0.717, 1.165) is 0 Å². The fourth-order valence-electron chi connectivity index (χ4n) is 2.15. The van der Waals surface area contributed by atoms with Gasteiger partial charge >= 0.3 is 0 Å². The minimum atomic E-state index is -0.538. The lowest BCUT2D eigenvalue weighted by molar-refractivity contribution is -0.383. The van der Waals surface area contributed by atoms with Gasteiger partial charge in [-0.05, 0) is 25.1 Å². The van der Waals surface area contributed by atoms with Gasteiger partial charge in [-0.2, -0.15) is 5.26 Å². The topological polar surface area (TPSA) is 101 Å². The lowest BCUT2D eigenvalue weighted by Crippen LogP contribution is -2.14. The molecule has 2 aromatic rings. The minimum Gasteiger partial charge on any atom is -0.482 e. The first kappa shape index (κ1) is 17.3. The quantitative estimate of drug-likeness (QED) is 0.363. The number of aromatic nitrogens is 1. The number of benzene rings is 1. The van der Waals surface area contributed by atoms with Crippen LogP contribution in [0, 0.1) is 21.4 Å². The number of rotatable bonds is 7. The van der Waals surface area contributed by atoms with E-state index < -0.39 is 11.0 Å². The Morgan fingerprint density at radius 2 is 2.29 bits per heavy atom. The summed E-state index contributed by atoms with van der Waals surface area (Å²) < 4.78 is 5.84. The van der Waals surface area contributed by atoms with E-state index in [1.54, 1.807) is 25.3 Å². The molecule has 0 spiro atoms. The van der Waals surface area contributed by atoms with Crippen LogP contribution in [-0.2, 0) is 0 Å². The Balaban J connectivity index is 2.36. The maximum absolute atomic E-state index is 11.3. The lowest BCUT2D eigenvalue weighted by atomic mass is 9.94. The second-order valence-corrected chi connectivity index (χ2v) is 5.02. The van der Waals surface area contributed by atoms with Gasteiger partial charge in [-0.1, -0.05) is 11.5 Å². The zero-order valence-corrected chi connectivity index (χ0v) is 13.1. The second-order valence-electron chi connectivity index (χ2n) is 5.02. The summed E-state index contributed by atoms with van der Waals surface area (Å²) in [6.07, 6.45) is 1.42. The Morgan fingerprint density at radius 3 is 2.92 bits per heavy atom. The Labute approximate surface area is 140 Å². The van der Waals surface area contributed by atoms with Crippen molar-refractivity contribution in [2.24, 2.45) is 0 Å². The summed E-state index contributed by atoms with van der Waals surface area (Å²) >= 11 is 0. The molecular weight excluding hydrogens is 307 g/mol. The van der Waals surface area contributed by atoms with Gasteiger partial charge in [0.05, 0.1) is 23.1 Å². The van der Waals surface area contributed by atoms with Crippen LogP contribution in [0.4, 0.5) is 11.4 Å². The molecule has 0 saturated heterocycles. The highest BCUT2D eigenvalue weighted by atomic mass is 16.6. The first-order valence-corrected chi connectivity index (χ1v) is 7.29. The zero-order valence-electron chi connectivity index (χ0n) is 13.1. The molecule has 0 aliphatic rings. The van der Waals surface area contributed by atoms with E-state index in [-0.39, 0.29) is 35.6 Å². The van der Waals surface area contributed by atoms with Crippen molar-refractivity contribution in [3.63, 3.8) is 0 Å². The third-order valence-electron chi connectivity index (χ3n) is 3.25. The third-order valence-corrected chi connectivity index (χ3v) is 3.25. The number of nitro benzene ring substituents is 1. The van der Waals surface area contributed by atoms with Gasteiger partial charge in [-0.15, -0.1) is 0 Å². The molecule has 1 atom stereocenters. The molecule has 1 heterocycles. The van der Waals surface area contributed by atoms with Crippen molar-refractivity contribution in [2.75, 3.05) is 11.9 Å². The Hall–Kier alpha value is -3.08. The van der Waals surface area contributed by atoms with E-state index in [4.69, 9.17) is 17.8 Å². The number of nitriles is 1. The highest BCUT2D eigenvalue weighted by molar-refractivity contribution is 6.33. The maximum atomic E-state index is 11.3. The molecule has 0 bridgehead atoms. The van der Waals surface area contributed by atoms with Crippen molar-refractivity contribution in [3.05, 3.63) is 52.3 Å². The molecule has 0 aliphatic carbocycles. The molecule has 24 heavy (non-hydrogen) atoms. The Bertz CT molecular complexity index is 762. The van der Waals surface area contributed by atoms with Crippen LogP contribution in [0.3, 0.4) is 0 Å². The van der Waals surface area contributed by atoms with Crippen LogP contribution >= 0.6 is 0 Å². The molecule has 2 radical (unpaired) electrons. The average molecular weight is 322 g/mol. The summed E-state index contributed by atoms with van der Waals surface area (Å²) in [7, 11) is 5.76. The van der Waals surface area contributed by atoms with E-state index in [2.05, 4.69) is 10.3 Å². The van der Waals surface area contributed by atoms with Crippen LogP contribution in [0.25, 0.3) is 0 Å². The molecule has 120 valence electrons. The molecule has 1 aromatic heterocycles. The molecule has 2 rings (SSSR count). The predicted octanol–water partition coefficient (Wildman–Crippen LogP) is 2.25. The number of ether oxygens (including phenoxy) is 1. The molecule has 8 heteroatoms. The maximum Gasteiger partial charge on any atom is 0.295 e. The van der Waals surface area contributed by atoms with Gasteiger partial charge in [-0.25, -0.2) is 0 Å². The Morgan fingerprint density at radius 1 is 1.50 bits per heavy atom. The van der Waals surface area contributed by atoms with Crippen molar-refractivity contribution in [1.29, 1.82) is 5.26 Å². The number of nitrogens with one attached hydrogen (secondary N) is 1. The van der Waals surface area contributed by atoms with Gasteiger partial charge in [0, 0.05) is 18.8 Å². The van der Waals surface area contributed by atoms with Crippen molar-refractivity contribution in [3.8, 4) is 11.8 Å². The van der Waals surface area contributed by atoms with Gasteiger partial charge in [-0.3, -0.25) is 15.1 Å². The largest absolute Gasteiger partial charge is 0.482 e. The van der Waals surface area contributed by atoms with Crippen LogP contribution in [-0.4, -0.2) is 24.3 Å². The van der Waals surface area contributed by atoms with E-state index in [1.807, 2.05) is 12.1 Å². The first-order valence-electron chi connectivity index (χ1n) is 7.29. The predicted molar refractivity (Wildman–Crippen MR) is 90.5 cm³/mol. The number of pyridine rings is 1. The fraction of sp³-hybridized carbons (Fsp3) is 0.250. The fourth-order valence-corrected chi connectivity index (χ4v) is 2.15. The number of nitro groups is 1. The van der Waals surface area contributed by atoms with E-state index >= 15 is 0 Å². The average Bonchev–Trinajstić information content (AvgIpc) is 2.57. The smallest absolute Gasteiger partial charge is 0.295 e. The van der Waals surface area contributed by atoms with Crippen molar-refractivity contribution >= 4 is 24.7 Å². The number of hydrogen-bond donors (Lipinski definition) is 1.